The van der Waals surface area contributed by atoms with E-state index in [1.165, 1.54) is 6.42 Å². The average Bonchev–Trinajstić information content (AvgIpc) is 2.44. The lowest BCUT2D eigenvalue weighted by atomic mass is 10.1. The summed E-state index contributed by atoms with van der Waals surface area (Å²) < 4.78 is 7.29. The molecular formula is C11H19N3O. The molecular weight excluding hydrogens is 190 g/mol. The Labute approximate surface area is 90.6 Å². The van der Waals surface area contributed by atoms with E-state index in [1.54, 1.807) is 0 Å². The van der Waals surface area contributed by atoms with Crippen LogP contribution in [0.4, 0.5) is 5.69 Å². The minimum atomic E-state index is 0.537. The van der Waals surface area contributed by atoms with Crippen LogP contribution in [0.1, 0.15) is 25.0 Å². The summed E-state index contributed by atoms with van der Waals surface area (Å²) in [5.41, 5.74) is 2.23. The van der Waals surface area contributed by atoms with Gasteiger partial charge in [0.05, 0.1) is 11.4 Å². The third-order valence-corrected chi connectivity index (χ3v) is 2.82. The number of nitrogens with zero attached hydrogens (tertiary/aromatic N) is 2. The molecule has 0 bridgehead atoms. The van der Waals surface area contributed by atoms with Crippen molar-refractivity contribution in [2.45, 2.75) is 32.2 Å². The Morgan fingerprint density at radius 3 is 3.07 bits per heavy atom. The Balaban J connectivity index is 1.97. The summed E-state index contributed by atoms with van der Waals surface area (Å²) in [5.74, 6) is 0. The Hall–Kier alpha value is -1.03. The van der Waals surface area contributed by atoms with Gasteiger partial charge in [-0.1, -0.05) is 0 Å². The molecule has 1 aromatic heterocycles. The summed E-state index contributed by atoms with van der Waals surface area (Å²) in [4.78, 5) is 0. The van der Waals surface area contributed by atoms with Gasteiger partial charge >= 0.3 is 0 Å². The van der Waals surface area contributed by atoms with Crippen LogP contribution >= 0.6 is 0 Å². The highest BCUT2D eigenvalue weighted by Gasteiger charge is 2.13. The molecule has 0 aliphatic carbocycles. The van der Waals surface area contributed by atoms with Gasteiger partial charge in [0, 0.05) is 32.5 Å². The number of anilines is 1. The van der Waals surface area contributed by atoms with E-state index in [2.05, 4.69) is 10.4 Å². The molecule has 1 N–H and O–H groups in total. The van der Waals surface area contributed by atoms with Crippen molar-refractivity contribution in [2.24, 2.45) is 7.05 Å². The van der Waals surface area contributed by atoms with Crippen LogP contribution in [0.2, 0.25) is 0 Å². The van der Waals surface area contributed by atoms with Gasteiger partial charge < -0.3 is 10.1 Å². The normalized spacial score (nSPS) is 22.4. The summed E-state index contributed by atoms with van der Waals surface area (Å²) in [6.45, 7) is 3.82. The highest BCUT2D eigenvalue weighted by atomic mass is 16.5. The third-order valence-electron chi connectivity index (χ3n) is 2.82. The Morgan fingerprint density at radius 2 is 2.33 bits per heavy atom. The number of nitrogens with one attached hydrogen (secondary N) is 1. The predicted molar refractivity (Wildman–Crippen MR) is 60.0 cm³/mol. The molecule has 1 saturated heterocycles. The largest absolute Gasteiger partial charge is 0.381 e. The highest BCUT2D eigenvalue weighted by Crippen LogP contribution is 2.17. The van der Waals surface area contributed by atoms with Crippen molar-refractivity contribution in [1.29, 1.82) is 0 Å². The zero-order valence-corrected chi connectivity index (χ0v) is 9.49. The minimum Gasteiger partial charge on any atom is -0.381 e. The molecule has 1 fully saturated rings. The van der Waals surface area contributed by atoms with E-state index in [0.717, 1.165) is 37.4 Å². The SMILES string of the molecule is Cc1nn(C)cc1NC1CCCOCC1. The summed E-state index contributed by atoms with van der Waals surface area (Å²) in [5, 5.41) is 7.87. The minimum absolute atomic E-state index is 0.537. The van der Waals surface area contributed by atoms with Crippen LogP contribution < -0.4 is 5.32 Å². The maximum atomic E-state index is 5.44. The van der Waals surface area contributed by atoms with Crippen molar-refractivity contribution in [2.75, 3.05) is 18.5 Å². The first-order valence-corrected chi connectivity index (χ1v) is 5.60. The molecule has 4 heteroatoms. The van der Waals surface area contributed by atoms with Gasteiger partial charge in [0.25, 0.3) is 0 Å². The van der Waals surface area contributed by atoms with Gasteiger partial charge in [0.15, 0.2) is 0 Å². The molecule has 0 saturated carbocycles. The molecule has 1 atom stereocenters. The van der Waals surface area contributed by atoms with Crippen molar-refractivity contribution < 1.29 is 4.74 Å². The molecule has 1 aromatic rings. The van der Waals surface area contributed by atoms with Crippen LogP contribution in [0.5, 0.6) is 0 Å². The van der Waals surface area contributed by atoms with Crippen LogP contribution in [0, 0.1) is 6.92 Å². The van der Waals surface area contributed by atoms with Gasteiger partial charge in [-0.25, -0.2) is 0 Å². The lowest BCUT2D eigenvalue weighted by Gasteiger charge is -2.15. The number of rotatable bonds is 2. The fourth-order valence-electron chi connectivity index (χ4n) is 2.01. The zero-order chi connectivity index (χ0) is 10.7. The maximum absolute atomic E-state index is 5.44. The second-order valence-corrected chi connectivity index (χ2v) is 4.19. The zero-order valence-electron chi connectivity index (χ0n) is 9.49. The fraction of sp³-hybridized carbons (Fsp3) is 0.727. The fourth-order valence-corrected chi connectivity index (χ4v) is 2.01. The highest BCUT2D eigenvalue weighted by molar-refractivity contribution is 5.46. The molecule has 84 valence electrons. The molecule has 1 aliphatic rings. The van der Waals surface area contributed by atoms with Crippen LogP contribution in [-0.2, 0) is 11.8 Å². The van der Waals surface area contributed by atoms with E-state index in [4.69, 9.17) is 4.74 Å². The van der Waals surface area contributed by atoms with Crippen LogP contribution in [0.25, 0.3) is 0 Å². The number of aryl methyl sites for hydroxylation is 2. The molecule has 2 heterocycles. The van der Waals surface area contributed by atoms with Crippen molar-refractivity contribution >= 4 is 5.69 Å². The van der Waals surface area contributed by atoms with E-state index in [9.17, 15) is 0 Å². The van der Waals surface area contributed by atoms with Gasteiger partial charge in [0.1, 0.15) is 0 Å². The van der Waals surface area contributed by atoms with E-state index in [1.807, 2.05) is 24.9 Å². The number of aromatic nitrogens is 2. The van der Waals surface area contributed by atoms with Crippen LogP contribution in [0.15, 0.2) is 6.20 Å². The van der Waals surface area contributed by atoms with Crippen molar-refractivity contribution in [3.05, 3.63) is 11.9 Å². The monoisotopic (exact) mass is 209 g/mol. The van der Waals surface area contributed by atoms with Gasteiger partial charge in [-0.05, 0) is 26.2 Å². The van der Waals surface area contributed by atoms with Crippen molar-refractivity contribution in [3.63, 3.8) is 0 Å². The molecule has 1 aliphatic heterocycles. The lowest BCUT2D eigenvalue weighted by molar-refractivity contribution is 0.144. The number of ether oxygens (including phenoxy) is 1. The van der Waals surface area contributed by atoms with Gasteiger partial charge in [-0.2, -0.15) is 5.10 Å². The molecule has 0 aromatic carbocycles. The summed E-state index contributed by atoms with van der Waals surface area (Å²) in [6.07, 6.45) is 5.47. The maximum Gasteiger partial charge on any atom is 0.0825 e. The number of hydrogen-bond donors (Lipinski definition) is 1. The first-order chi connectivity index (χ1) is 7.25. The van der Waals surface area contributed by atoms with Gasteiger partial charge in [-0.15, -0.1) is 0 Å². The Kier molecular flexibility index (Phi) is 3.26. The average molecular weight is 209 g/mol. The number of hydrogen-bond acceptors (Lipinski definition) is 3. The predicted octanol–water partition coefficient (Wildman–Crippen LogP) is 1.71. The standard InChI is InChI=1S/C11H19N3O/c1-9-11(8-14(2)13-9)12-10-4-3-6-15-7-5-10/h8,10,12H,3-7H2,1-2H3. The molecule has 0 spiro atoms. The molecule has 2 rings (SSSR count). The Bertz CT molecular complexity index is 314. The lowest BCUT2D eigenvalue weighted by Crippen LogP contribution is -2.19. The van der Waals surface area contributed by atoms with E-state index in [0.29, 0.717) is 6.04 Å². The van der Waals surface area contributed by atoms with E-state index >= 15 is 0 Å². The summed E-state index contributed by atoms with van der Waals surface area (Å²) in [7, 11) is 1.95. The molecule has 1 unspecified atom stereocenters. The molecule has 0 amide bonds. The van der Waals surface area contributed by atoms with Gasteiger partial charge in [-0.3, -0.25) is 4.68 Å². The van der Waals surface area contributed by atoms with Crippen molar-refractivity contribution in [3.8, 4) is 0 Å². The quantitative estimate of drug-likeness (QED) is 0.806. The first-order valence-electron chi connectivity index (χ1n) is 5.60. The van der Waals surface area contributed by atoms with E-state index < -0.39 is 0 Å². The third kappa shape index (κ3) is 2.72. The van der Waals surface area contributed by atoms with Crippen molar-refractivity contribution in [1.82, 2.24) is 9.78 Å². The second-order valence-electron chi connectivity index (χ2n) is 4.19. The summed E-state index contributed by atoms with van der Waals surface area (Å²) >= 11 is 0. The van der Waals surface area contributed by atoms with E-state index in [-0.39, 0.29) is 0 Å². The first kappa shape index (κ1) is 10.5. The molecule has 0 radical (unpaired) electrons. The molecule has 15 heavy (non-hydrogen) atoms. The van der Waals surface area contributed by atoms with Crippen LogP contribution in [0.3, 0.4) is 0 Å². The topological polar surface area (TPSA) is 39.1 Å². The van der Waals surface area contributed by atoms with Gasteiger partial charge in [0.2, 0.25) is 0 Å². The van der Waals surface area contributed by atoms with Crippen LogP contribution in [-0.4, -0.2) is 29.0 Å². The second kappa shape index (κ2) is 4.66. The summed E-state index contributed by atoms with van der Waals surface area (Å²) in [6, 6.07) is 0.537. The Morgan fingerprint density at radius 1 is 1.47 bits per heavy atom. The molecule has 4 nitrogen and oxygen atoms in total. The smallest absolute Gasteiger partial charge is 0.0825 e.